The molecule has 2 N–H and O–H groups in total. The number of benzene rings is 1. The topological polar surface area (TPSA) is 66.4 Å². The van der Waals surface area contributed by atoms with Crippen LogP contribution >= 0.6 is 22.6 Å². The lowest BCUT2D eigenvalue weighted by Gasteiger charge is -2.17. The Hall–Kier alpha value is -1.11. The van der Waals surface area contributed by atoms with Crippen molar-refractivity contribution in [2.75, 3.05) is 0 Å². The number of rotatable bonds is 4. The normalized spacial score (nSPS) is 12.2. The molecule has 0 aliphatic carbocycles. The summed E-state index contributed by atoms with van der Waals surface area (Å²) < 4.78 is 0.937. The van der Waals surface area contributed by atoms with Gasteiger partial charge in [0.2, 0.25) is 0 Å². The minimum Gasteiger partial charge on any atom is -0.480 e. The van der Waals surface area contributed by atoms with Crippen LogP contribution in [0.15, 0.2) is 24.3 Å². The number of carboxylic acids is 1. The molecule has 0 aromatic heterocycles. The molecule has 0 saturated heterocycles. The van der Waals surface area contributed by atoms with E-state index >= 15 is 0 Å². The predicted octanol–water partition coefficient (Wildman–Crippen LogP) is 2.13. The maximum Gasteiger partial charge on any atom is 0.326 e. The van der Waals surface area contributed by atoms with Gasteiger partial charge in [-0.1, -0.05) is 19.9 Å². The number of nitrogens with one attached hydrogen (secondary N) is 1. The Morgan fingerprint density at radius 1 is 1.35 bits per heavy atom. The van der Waals surface area contributed by atoms with Gasteiger partial charge in [-0.3, -0.25) is 4.79 Å². The zero-order valence-electron chi connectivity index (χ0n) is 9.61. The first-order valence-electron chi connectivity index (χ1n) is 5.21. The first-order valence-corrected chi connectivity index (χ1v) is 6.29. The van der Waals surface area contributed by atoms with Gasteiger partial charge >= 0.3 is 5.97 Å². The van der Waals surface area contributed by atoms with E-state index in [9.17, 15) is 9.59 Å². The smallest absolute Gasteiger partial charge is 0.326 e. The van der Waals surface area contributed by atoms with Crippen molar-refractivity contribution in [2.45, 2.75) is 19.9 Å². The van der Waals surface area contributed by atoms with Crippen LogP contribution in [0.3, 0.4) is 0 Å². The monoisotopic (exact) mass is 347 g/mol. The molecular formula is C12H14INO3. The number of carboxylic acid groups (broad SMARTS) is 1. The minimum absolute atomic E-state index is 0.153. The van der Waals surface area contributed by atoms with Crippen LogP contribution in [0.5, 0.6) is 0 Å². The molecule has 1 amide bonds. The van der Waals surface area contributed by atoms with Gasteiger partial charge in [0.1, 0.15) is 6.04 Å². The second kappa shape index (κ2) is 6.00. The largest absolute Gasteiger partial charge is 0.480 e. The summed E-state index contributed by atoms with van der Waals surface area (Å²) in [5.74, 6) is -1.53. The minimum atomic E-state index is -1.01. The Bertz CT molecular complexity index is 432. The highest BCUT2D eigenvalue weighted by Crippen LogP contribution is 2.09. The van der Waals surface area contributed by atoms with Gasteiger partial charge in [0.15, 0.2) is 0 Å². The summed E-state index contributed by atoms with van der Waals surface area (Å²) in [5, 5.41) is 11.5. The summed E-state index contributed by atoms with van der Waals surface area (Å²) in [6.45, 7) is 3.52. The molecular weight excluding hydrogens is 333 g/mol. The molecule has 0 aliphatic rings. The van der Waals surface area contributed by atoms with Crippen LogP contribution < -0.4 is 5.32 Å². The molecule has 0 aliphatic heterocycles. The van der Waals surface area contributed by atoms with E-state index in [0.29, 0.717) is 5.56 Å². The fourth-order valence-corrected chi connectivity index (χ4v) is 1.91. The van der Waals surface area contributed by atoms with Crippen LogP contribution in [-0.2, 0) is 4.79 Å². The first-order chi connectivity index (χ1) is 7.91. The van der Waals surface area contributed by atoms with Gasteiger partial charge in [-0.2, -0.15) is 0 Å². The number of hydrogen-bond donors (Lipinski definition) is 2. The molecule has 1 atom stereocenters. The molecule has 1 rings (SSSR count). The molecule has 0 saturated carbocycles. The maximum absolute atomic E-state index is 11.8. The Morgan fingerprint density at radius 3 is 2.47 bits per heavy atom. The van der Waals surface area contributed by atoms with Gasteiger partial charge in [0, 0.05) is 9.13 Å². The van der Waals surface area contributed by atoms with E-state index in [0.717, 1.165) is 3.57 Å². The lowest BCUT2D eigenvalue weighted by atomic mass is 10.0. The predicted molar refractivity (Wildman–Crippen MR) is 72.9 cm³/mol. The van der Waals surface area contributed by atoms with Gasteiger partial charge in [0.25, 0.3) is 5.91 Å². The van der Waals surface area contributed by atoms with Crippen LogP contribution in [0.25, 0.3) is 0 Å². The zero-order chi connectivity index (χ0) is 13.0. The van der Waals surface area contributed by atoms with Crippen molar-refractivity contribution in [3.8, 4) is 0 Å². The third kappa shape index (κ3) is 3.99. The Morgan fingerprint density at radius 2 is 2.00 bits per heavy atom. The van der Waals surface area contributed by atoms with E-state index in [1.807, 2.05) is 6.07 Å². The SMILES string of the molecule is CC(C)[C@H](NC(=O)c1cccc(I)c1)C(=O)O. The number of carbonyl (C=O) groups excluding carboxylic acids is 1. The fourth-order valence-electron chi connectivity index (χ4n) is 1.37. The van der Waals surface area contributed by atoms with Crippen molar-refractivity contribution >= 4 is 34.5 Å². The molecule has 0 unspecified atom stereocenters. The van der Waals surface area contributed by atoms with Crippen molar-refractivity contribution in [1.82, 2.24) is 5.32 Å². The highest BCUT2D eigenvalue weighted by molar-refractivity contribution is 14.1. The van der Waals surface area contributed by atoms with Crippen LogP contribution in [0.2, 0.25) is 0 Å². The van der Waals surface area contributed by atoms with E-state index in [1.54, 1.807) is 32.0 Å². The molecule has 0 bridgehead atoms. The maximum atomic E-state index is 11.8. The van der Waals surface area contributed by atoms with Crippen molar-refractivity contribution in [2.24, 2.45) is 5.92 Å². The number of hydrogen-bond acceptors (Lipinski definition) is 2. The molecule has 4 nitrogen and oxygen atoms in total. The van der Waals surface area contributed by atoms with Crippen molar-refractivity contribution in [1.29, 1.82) is 0 Å². The fraction of sp³-hybridized carbons (Fsp3) is 0.333. The van der Waals surface area contributed by atoms with Gasteiger partial charge in [-0.15, -0.1) is 0 Å². The average molecular weight is 347 g/mol. The summed E-state index contributed by atoms with van der Waals surface area (Å²) >= 11 is 2.10. The number of amides is 1. The van der Waals surface area contributed by atoms with Crippen molar-refractivity contribution < 1.29 is 14.7 Å². The second-order valence-electron chi connectivity index (χ2n) is 4.04. The quantitative estimate of drug-likeness (QED) is 0.820. The Kier molecular flexibility index (Phi) is 4.92. The average Bonchev–Trinajstić information content (AvgIpc) is 2.24. The highest BCUT2D eigenvalue weighted by Gasteiger charge is 2.23. The first kappa shape index (κ1) is 14.0. The molecule has 5 heteroatoms. The standard InChI is InChI=1S/C12H14INO3/c1-7(2)10(12(16)17)14-11(15)8-4-3-5-9(13)6-8/h3-7,10H,1-2H3,(H,14,15)(H,16,17)/t10-/m0/s1. The lowest BCUT2D eigenvalue weighted by Crippen LogP contribution is -2.44. The summed E-state index contributed by atoms with van der Waals surface area (Å²) in [6, 6.07) is 6.16. The van der Waals surface area contributed by atoms with Gasteiger partial charge < -0.3 is 10.4 Å². The van der Waals surface area contributed by atoms with Gasteiger partial charge in [-0.05, 0) is 46.7 Å². The van der Waals surface area contributed by atoms with E-state index in [2.05, 4.69) is 27.9 Å². The van der Waals surface area contributed by atoms with Crippen molar-refractivity contribution in [3.05, 3.63) is 33.4 Å². The molecule has 92 valence electrons. The van der Waals surface area contributed by atoms with Gasteiger partial charge in [0.05, 0.1) is 0 Å². The Balaban J connectivity index is 2.81. The van der Waals surface area contributed by atoms with Gasteiger partial charge in [-0.25, -0.2) is 4.79 Å². The van der Waals surface area contributed by atoms with Crippen LogP contribution in [0, 0.1) is 9.49 Å². The van der Waals surface area contributed by atoms with E-state index in [4.69, 9.17) is 5.11 Å². The number of aliphatic carboxylic acids is 1. The lowest BCUT2D eigenvalue weighted by molar-refractivity contribution is -0.140. The second-order valence-corrected chi connectivity index (χ2v) is 5.29. The summed E-state index contributed by atoms with van der Waals surface area (Å²) in [4.78, 5) is 22.8. The van der Waals surface area contributed by atoms with Crippen LogP contribution in [0.1, 0.15) is 24.2 Å². The summed E-state index contributed by atoms with van der Waals surface area (Å²) in [7, 11) is 0. The third-order valence-electron chi connectivity index (χ3n) is 2.31. The summed E-state index contributed by atoms with van der Waals surface area (Å²) in [6.07, 6.45) is 0. The van der Waals surface area contributed by atoms with E-state index < -0.39 is 12.0 Å². The molecule has 17 heavy (non-hydrogen) atoms. The number of carbonyl (C=O) groups is 2. The number of halogens is 1. The summed E-state index contributed by atoms with van der Waals surface area (Å²) in [5.41, 5.74) is 0.476. The Labute approximate surface area is 114 Å². The molecule has 0 fully saturated rings. The van der Waals surface area contributed by atoms with Crippen molar-refractivity contribution in [3.63, 3.8) is 0 Å². The molecule has 0 radical (unpaired) electrons. The van der Waals surface area contributed by atoms with E-state index in [1.165, 1.54) is 0 Å². The molecule has 0 spiro atoms. The molecule has 1 aromatic rings. The van der Waals surface area contributed by atoms with Crippen LogP contribution in [0.4, 0.5) is 0 Å². The third-order valence-corrected chi connectivity index (χ3v) is 2.98. The molecule has 0 heterocycles. The molecule has 1 aromatic carbocycles. The van der Waals surface area contributed by atoms with Crippen LogP contribution in [-0.4, -0.2) is 23.0 Å². The van der Waals surface area contributed by atoms with E-state index in [-0.39, 0.29) is 11.8 Å². The zero-order valence-corrected chi connectivity index (χ0v) is 11.8. The highest BCUT2D eigenvalue weighted by atomic mass is 127.